The molecule has 3 nitrogen and oxygen atoms in total. The molecule has 0 radical (unpaired) electrons. The Morgan fingerprint density at radius 3 is 2.42 bits per heavy atom. The first-order valence-electron chi connectivity index (χ1n) is 7.04. The van der Waals surface area contributed by atoms with E-state index in [2.05, 4.69) is 5.32 Å². The lowest BCUT2D eigenvalue weighted by molar-refractivity contribution is -0.124. The number of aliphatic hydroxyl groups is 1. The zero-order valence-corrected chi connectivity index (χ0v) is 12.1. The Hall–Kier alpha value is -1.35. The van der Waals surface area contributed by atoms with Gasteiger partial charge >= 0.3 is 0 Å². The van der Waals surface area contributed by atoms with E-state index in [9.17, 15) is 4.79 Å². The third-order valence-corrected chi connectivity index (χ3v) is 3.80. The number of hydrogen-bond acceptors (Lipinski definition) is 2. The van der Waals surface area contributed by atoms with E-state index in [1.807, 2.05) is 51.1 Å². The second-order valence-electron chi connectivity index (χ2n) is 5.25. The van der Waals surface area contributed by atoms with Crippen LogP contribution in [0.15, 0.2) is 30.3 Å². The van der Waals surface area contributed by atoms with Gasteiger partial charge in [0, 0.05) is 12.1 Å². The van der Waals surface area contributed by atoms with Gasteiger partial charge in [-0.25, -0.2) is 0 Å². The summed E-state index contributed by atoms with van der Waals surface area (Å²) in [6.07, 6.45) is 2.17. The number of hydrogen-bond donors (Lipinski definition) is 2. The number of amides is 1. The summed E-state index contributed by atoms with van der Waals surface area (Å²) in [5.74, 6) is -0.0720. The maximum Gasteiger partial charge on any atom is 0.227 e. The molecule has 0 spiro atoms. The molecule has 2 N–H and O–H groups in total. The van der Waals surface area contributed by atoms with Crippen molar-refractivity contribution in [3.8, 4) is 0 Å². The second kappa shape index (κ2) is 7.29. The van der Waals surface area contributed by atoms with E-state index in [0.29, 0.717) is 6.42 Å². The SMILES string of the molecule is CCC(C(=O)NC(C)(CC)CCO)c1ccccc1. The third-order valence-electron chi connectivity index (χ3n) is 3.80. The topological polar surface area (TPSA) is 49.3 Å². The van der Waals surface area contributed by atoms with Gasteiger partial charge in [0.1, 0.15) is 0 Å². The second-order valence-corrected chi connectivity index (χ2v) is 5.25. The van der Waals surface area contributed by atoms with Gasteiger partial charge < -0.3 is 10.4 Å². The summed E-state index contributed by atoms with van der Waals surface area (Å²) < 4.78 is 0. The van der Waals surface area contributed by atoms with Crippen LogP contribution < -0.4 is 5.32 Å². The fourth-order valence-corrected chi connectivity index (χ4v) is 2.22. The van der Waals surface area contributed by atoms with Crippen molar-refractivity contribution < 1.29 is 9.90 Å². The van der Waals surface area contributed by atoms with Crippen LogP contribution >= 0.6 is 0 Å². The normalized spacial score (nSPS) is 15.6. The molecule has 0 aromatic heterocycles. The van der Waals surface area contributed by atoms with E-state index >= 15 is 0 Å². The molecule has 0 bridgehead atoms. The van der Waals surface area contributed by atoms with Gasteiger partial charge in [-0.15, -0.1) is 0 Å². The predicted molar refractivity (Wildman–Crippen MR) is 78.0 cm³/mol. The molecular weight excluding hydrogens is 238 g/mol. The highest BCUT2D eigenvalue weighted by Gasteiger charge is 2.27. The van der Waals surface area contributed by atoms with E-state index in [1.54, 1.807) is 0 Å². The van der Waals surface area contributed by atoms with Gasteiger partial charge in [-0.3, -0.25) is 4.79 Å². The lowest BCUT2D eigenvalue weighted by atomic mass is 9.91. The van der Waals surface area contributed by atoms with Crippen LogP contribution in [0.5, 0.6) is 0 Å². The molecule has 0 aliphatic carbocycles. The van der Waals surface area contributed by atoms with Crippen molar-refractivity contribution in [3.63, 3.8) is 0 Å². The van der Waals surface area contributed by atoms with Crippen molar-refractivity contribution in [2.75, 3.05) is 6.61 Å². The predicted octanol–water partition coefficient (Wildman–Crippen LogP) is 2.85. The van der Waals surface area contributed by atoms with Gasteiger partial charge in [-0.05, 0) is 31.7 Å². The molecule has 19 heavy (non-hydrogen) atoms. The number of aliphatic hydroxyl groups excluding tert-OH is 1. The van der Waals surface area contributed by atoms with Gasteiger partial charge in [0.25, 0.3) is 0 Å². The van der Waals surface area contributed by atoms with E-state index in [0.717, 1.165) is 18.4 Å². The summed E-state index contributed by atoms with van der Waals surface area (Å²) in [4.78, 5) is 12.4. The van der Waals surface area contributed by atoms with E-state index in [-0.39, 0.29) is 24.0 Å². The molecule has 1 aromatic rings. The summed E-state index contributed by atoms with van der Waals surface area (Å²) in [6, 6.07) is 9.85. The van der Waals surface area contributed by atoms with Gasteiger partial charge in [-0.1, -0.05) is 44.2 Å². The van der Waals surface area contributed by atoms with Crippen LogP contribution in [-0.4, -0.2) is 23.2 Å². The van der Waals surface area contributed by atoms with Gasteiger partial charge in [0.15, 0.2) is 0 Å². The summed E-state index contributed by atoms with van der Waals surface area (Å²) in [5.41, 5.74) is 0.721. The van der Waals surface area contributed by atoms with Crippen LogP contribution in [-0.2, 0) is 4.79 Å². The summed E-state index contributed by atoms with van der Waals surface area (Å²) in [6.45, 7) is 6.12. The van der Waals surface area contributed by atoms with Crippen molar-refractivity contribution in [1.29, 1.82) is 0 Å². The first-order valence-corrected chi connectivity index (χ1v) is 7.04. The molecule has 0 aliphatic heterocycles. The monoisotopic (exact) mass is 263 g/mol. The average molecular weight is 263 g/mol. The van der Waals surface area contributed by atoms with Crippen LogP contribution in [0.3, 0.4) is 0 Å². The Labute approximate surface area is 116 Å². The fourth-order valence-electron chi connectivity index (χ4n) is 2.22. The molecule has 0 fully saturated rings. The minimum Gasteiger partial charge on any atom is -0.396 e. The zero-order chi connectivity index (χ0) is 14.3. The zero-order valence-electron chi connectivity index (χ0n) is 12.1. The quantitative estimate of drug-likeness (QED) is 0.794. The maximum absolute atomic E-state index is 12.4. The highest BCUT2D eigenvalue weighted by molar-refractivity contribution is 5.84. The van der Waals surface area contributed by atoms with Crippen LogP contribution in [0.1, 0.15) is 51.5 Å². The molecule has 0 saturated carbocycles. The molecule has 1 amide bonds. The van der Waals surface area contributed by atoms with Crippen molar-refractivity contribution in [1.82, 2.24) is 5.32 Å². The van der Waals surface area contributed by atoms with E-state index < -0.39 is 0 Å². The maximum atomic E-state index is 12.4. The Kier molecular flexibility index (Phi) is 6.03. The first-order chi connectivity index (χ1) is 9.06. The highest BCUT2D eigenvalue weighted by Crippen LogP contribution is 2.22. The number of rotatable bonds is 7. The van der Waals surface area contributed by atoms with Gasteiger partial charge in [0.05, 0.1) is 5.92 Å². The fraction of sp³-hybridized carbons (Fsp3) is 0.562. The van der Waals surface area contributed by atoms with Gasteiger partial charge in [0.2, 0.25) is 5.91 Å². The lowest BCUT2D eigenvalue weighted by Crippen LogP contribution is -2.47. The molecular formula is C16H25NO2. The van der Waals surface area contributed by atoms with Crippen LogP contribution in [0, 0.1) is 0 Å². The average Bonchev–Trinajstić information content (AvgIpc) is 2.41. The van der Waals surface area contributed by atoms with Crippen molar-refractivity contribution in [2.24, 2.45) is 0 Å². The third kappa shape index (κ3) is 4.35. The largest absolute Gasteiger partial charge is 0.396 e. The number of benzene rings is 1. The standard InChI is InChI=1S/C16H25NO2/c1-4-14(13-9-7-6-8-10-13)15(19)17-16(3,5-2)11-12-18/h6-10,14,18H,4-5,11-12H2,1-3H3,(H,17,19). The number of carbonyl (C=O) groups is 1. The molecule has 1 aromatic carbocycles. The minimum atomic E-state index is -0.325. The molecule has 2 atom stereocenters. The van der Waals surface area contributed by atoms with Gasteiger partial charge in [-0.2, -0.15) is 0 Å². The Balaban J connectivity index is 2.80. The molecule has 0 saturated heterocycles. The molecule has 3 heteroatoms. The Morgan fingerprint density at radius 1 is 1.32 bits per heavy atom. The molecule has 1 rings (SSSR count). The number of carbonyl (C=O) groups excluding carboxylic acids is 1. The molecule has 2 unspecified atom stereocenters. The summed E-state index contributed by atoms with van der Waals surface area (Å²) in [5, 5.41) is 12.2. The van der Waals surface area contributed by atoms with Crippen molar-refractivity contribution in [3.05, 3.63) is 35.9 Å². The first kappa shape index (κ1) is 15.7. The van der Waals surface area contributed by atoms with Crippen LogP contribution in [0.4, 0.5) is 0 Å². The van der Waals surface area contributed by atoms with E-state index in [4.69, 9.17) is 5.11 Å². The van der Waals surface area contributed by atoms with Crippen molar-refractivity contribution in [2.45, 2.75) is 51.5 Å². The summed E-state index contributed by atoms with van der Waals surface area (Å²) in [7, 11) is 0. The Morgan fingerprint density at radius 2 is 1.95 bits per heavy atom. The molecule has 106 valence electrons. The van der Waals surface area contributed by atoms with Crippen LogP contribution in [0.2, 0.25) is 0 Å². The summed E-state index contributed by atoms with van der Waals surface area (Å²) >= 11 is 0. The smallest absolute Gasteiger partial charge is 0.227 e. The van der Waals surface area contributed by atoms with E-state index in [1.165, 1.54) is 0 Å². The van der Waals surface area contributed by atoms with Crippen LogP contribution in [0.25, 0.3) is 0 Å². The van der Waals surface area contributed by atoms with Crippen molar-refractivity contribution >= 4 is 5.91 Å². The highest BCUT2D eigenvalue weighted by atomic mass is 16.3. The molecule has 0 aliphatic rings. The Bertz CT molecular complexity index is 391. The molecule has 0 heterocycles. The lowest BCUT2D eigenvalue weighted by Gasteiger charge is -2.31. The number of nitrogens with one attached hydrogen (secondary N) is 1. The minimum absolute atomic E-state index is 0.0477.